The molecule has 0 spiro atoms. The van der Waals surface area contributed by atoms with Gasteiger partial charge < -0.3 is 19.9 Å². The third kappa shape index (κ3) is 3.54. The number of anilines is 1. The number of amides is 1. The van der Waals surface area contributed by atoms with Crippen LogP contribution in [-0.2, 0) is 11.3 Å². The molecule has 3 N–H and O–H groups in total. The van der Waals surface area contributed by atoms with E-state index in [1.54, 1.807) is 4.98 Å². The molecule has 0 bridgehead atoms. The normalized spacial score (nSPS) is 10.3. The molecule has 10 heteroatoms. The summed E-state index contributed by atoms with van der Waals surface area (Å²) in [5.74, 6) is -1.96. The van der Waals surface area contributed by atoms with Crippen LogP contribution in [-0.4, -0.2) is 34.8 Å². The first-order chi connectivity index (χ1) is 11.3. The van der Waals surface area contributed by atoms with E-state index in [0.29, 0.717) is 10.8 Å². The van der Waals surface area contributed by atoms with Crippen LogP contribution in [0.25, 0.3) is 0 Å². The van der Waals surface area contributed by atoms with E-state index >= 15 is 0 Å². The van der Waals surface area contributed by atoms with Gasteiger partial charge in [0.25, 0.3) is 5.56 Å². The minimum absolute atomic E-state index is 0.0666. The number of halogens is 1. The average Bonchev–Trinajstić information content (AvgIpc) is 2.54. The molecule has 2 rings (SSSR count). The number of rotatable bonds is 5. The number of carbonyl (C=O) groups excluding carboxylic acids is 1. The molecule has 0 aliphatic carbocycles. The molecule has 1 aromatic heterocycles. The van der Waals surface area contributed by atoms with Crippen molar-refractivity contribution >= 4 is 11.6 Å². The Bertz CT molecular complexity index is 864. The Balaban J connectivity index is 2.23. The summed E-state index contributed by atoms with van der Waals surface area (Å²) in [6, 6.07) is 2.68. The highest BCUT2D eigenvalue weighted by Gasteiger charge is 2.14. The number of carbonyl (C=O) groups is 1. The monoisotopic (exact) mass is 339 g/mol. The maximum Gasteiger partial charge on any atom is 0.328 e. The van der Waals surface area contributed by atoms with Crippen molar-refractivity contribution in [3.8, 4) is 17.2 Å². The van der Waals surface area contributed by atoms with Gasteiger partial charge in [-0.15, -0.1) is 0 Å². The molecule has 1 amide bonds. The van der Waals surface area contributed by atoms with Crippen molar-refractivity contribution in [2.24, 2.45) is 0 Å². The second-order valence-corrected chi connectivity index (χ2v) is 4.64. The van der Waals surface area contributed by atoms with E-state index in [9.17, 15) is 23.9 Å². The second-order valence-electron chi connectivity index (χ2n) is 4.64. The summed E-state index contributed by atoms with van der Waals surface area (Å²) in [5.41, 5.74) is -1.86. The summed E-state index contributed by atoms with van der Waals surface area (Å²) < 4.78 is 23.8. The lowest BCUT2D eigenvalue weighted by atomic mass is 10.2. The highest BCUT2D eigenvalue weighted by molar-refractivity contribution is 5.91. The molecule has 0 unspecified atom stereocenters. The summed E-state index contributed by atoms with van der Waals surface area (Å²) in [5, 5.41) is 12.2. The molecule has 0 saturated carbocycles. The number of nitrogens with zero attached hydrogens (tertiary/aromatic N) is 1. The van der Waals surface area contributed by atoms with E-state index in [1.807, 2.05) is 0 Å². The van der Waals surface area contributed by atoms with Gasteiger partial charge in [0.15, 0.2) is 11.5 Å². The van der Waals surface area contributed by atoms with Crippen LogP contribution in [0.5, 0.6) is 17.2 Å². The maximum absolute atomic E-state index is 13.2. The Morgan fingerprint density at radius 2 is 1.88 bits per heavy atom. The molecule has 0 aliphatic heterocycles. The maximum atomic E-state index is 13.2. The Kier molecular flexibility index (Phi) is 4.87. The fourth-order valence-corrected chi connectivity index (χ4v) is 1.92. The van der Waals surface area contributed by atoms with Gasteiger partial charge in [-0.05, 0) is 0 Å². The van der Waals surface area contributed by atoms with Gasteiger partial charge in [-0.1, -0.05) is 0 Å². The average molecular weight is 339 g/mol. The lowest BCUT2D eigenvalue weighted by Crippen LogP contribution is -2.34. The molecule has 24 heavy (non-hydrogen) atoms. The molecule has 1 heterocycles. The van der Waals surface area contributed by atoms with Crippen LogP contribution in [0.4, 0.5) is 10.1 Å². The van der Waals surface area contributed by atoms with Gasteiger partial charge in [-0.3, -0.25) is 19.1 Å². The van der Waals surface area contributed by atoms with Crippen LogP contribution in [0.3, 0.4) is 0 Å². The van der Waals surface area contributed by atoms with Crippen molar-refractivity contribution in [1.82, 2.24) is 9.55 Å². The van der Waals surface area contributed by atoms with Crippen LogP contribution in [0.1, 0.15) is 0 Å². The van der Waals surface area contributed by atoms with Crippen LogP contribution in [0.15, 0.2) is 27.9 Å². The number of phenolic OH excluding ortho intramolecular Hbond substituents is 1. The molecular weight excluding hydrogens is 325 g/mol. The van der Waals surface area contributed by atoms with Crippen LogP contribution in [0, 0.1) is 5.82 Å². The molecular formula is C14H14FN3O6. The zero-order valence-corrected chi connectivity index (χ0v) is 12.8. The molecule has 0 radical (unpaired) electrons. The number of methoxy groups -OCH3 is 2. The smallest absolute Gasteiger partial charge is 0.328 e. The predicted octanol–water partition coefficient (Wildman–Crippen LogP) is 0.0372. The van der Waals surface area contributed by atoms with Crippen molar-refractivity contribution < 1.29 is 23.8 Å². The molecule has 0 aliphatic rings. The number of ether oxygens (including phenoxy) is 2. The Morgan fingerprint density at radius 1 is 1.29 bits per heavy atom. The first-order valence-corrected chi connectivity index (χ1v) is 6.59. The van der Waals surface area contributed by atoms with Crippen LogP contribution < -0.4 is 26.0 Å². The van der Waals surface area contributed by atoms with Gasteiger partial charge >= 0.3 is 5.69 Å². The van der Waals surface area contributed by atoms with Crippen molar-refractivity contribution in [3.63, 3.8) is 0 Å². The number of aromatic hydroxyl groups is 1. The van der Waals surface area contributed by atoms with E-state index in [4.69, 9.17) is 9.47 Å². The Morgan fingerprint density at radius 3 is 2.42 bits per heavy atom. The number of hydrogen-bond acceptors (Lipinski definition) is 6. The fraction of sp³-hybridized carbons (Fsp3) is 0.214. The van der Waals surface area contributed by atoms with Crippen molar-refractivity contribution in [2.75, 3.05) is 19.5 Å². The first kappa shape index (κ1) is 17.1. The van der Waals surface area contributed by atoms with Crippen molar-refractivity contribution in [2.45, 2.75) is 6.54 Å². The molecule has 0 atom stereocenters. The third-order valence-electron chi connectivity index (χ3n) is 3.04. The summed E-state index contributed by atoms with van der Waals surface area (Å²) in [4.78, 5) is 36.2. The SMILES string of the molecule is COc1cc(NC(=O)Cn2cc(F)c(=O)[nH]c2=O)cc(OC)c1O. The lowest BCUT2D eigenvalue weighted by Gasteiger charge is -2.12. The zero-order valence-electron chi connectivity index (χ0n) is 12.8. The molecule has 0 fully saturated rings. The standard InChI is InChI=1S/C14H14FN3O6/c1-23-9-3-7(4-10(24-2)12(9)20)16-11(19)6-18-5-8(15)13(21)17-14(18)22/h3-5,20H,6H2,1-2H3,(H,16,19)(H,17,21,22). The van der Waals surface area contributed by atoms with Gasteiger partial charge in [0.2, 0.25) is 17.5 Å². The quantitative estimate of drug-likeness (QED) is 0.661. The Labute approximate surface area is 134 Å². The third-order valence-corrected chi connectivity index (χ3v) is 3.04. The van der Waals surface area contributed by atoms with Gasteiger partial charge in [-0.2, -0.15) is 4.39 Å². The van der Waals surface area contributed by atoms with Gasteiger partial charge in [-0.25, -0.2) is 4.79 Å². The van der Waals surface area contributed by atoms with Crippen LogP contribution in [0.2, 0.25) is 0 Å². The molecule has 2 aromatic rings. The van der Waals surface area contributed by atoms with E-state index in [1.165, 1.54) is 26.4 Å². The Hall–Kier alpha value is -3.30. The van der Waals surface area contributed by atoms with Gasteiger partial charge in [0.05, 0.1) is 20.4 Å². The summed E-state index contributed by atoms with van der Waals surface area (Å²) in [6.07, 6.45) is 0.638. The number of phenols is 1. The van der Waals surface area contributed by atoms with E-state index in [-0.39, 0.29) is 22.9 Å². The first-order valence-electron chi connectivity index (χ1n) is 6.59. The van der Waals surface area contributed by atoms with Gasteiger partial charge in [0, 0.05) is 17.8 Å². The van der Waals surface area contributed by atoms with Crippen LogP contribution >= 0.6 is 0 Å². The fourth-order valence-electron chi connectivity index (χ4n) is 1.92. The number of hydrogen-bond donors (Lipinski definition) is 3. The molecule has 128 valence electrons. The zero-order chi connectivity index (χ0) is 17.9. The van der Waals surface area contributed by atoms with Crippen molar-refractivity contribution in [3.05, 3.63) is 45.0 Å². The number of nitrogens with one attached hydrogen (secondary N) is 2. The molecule has 9 nitrogen and oxygen atoms in total. The largest absolute Gasteiger partial charge is 0.502 e. The lowest BCUT2D eigenvalue weighted by molar-refractivity contribution is -0.116. The van der Waals surface area contributed by atoms with E-state index in [0.717, 1.165) is 0 Å². The number of H-pyrrole nitrogens is 1. The minimum atomic E-state index is -1.18. The van der Waals surface area contributed by atoms with Gasteiger partial charge in [0.1, 0.15) is 6.54 Å². The number of aromatic nitrogens is 2. The van der Waals surface area contributed by atoms with Crippen molar-refractivity contribution in [1.29, 1.82) is 0 Å². The topological polar surface area (TPSA) is 123 Å². The molecule has 0 saturated heterocycles. The molecule has 1 aromatic carbocycles. The summed E-state index contributed by atoms with van der Waals surface area (Å²) in [6.45, 7) is -0.530. The minimum Gasteiger partial charge on any atom is -0.502 e. The predicted molar refractivity (Wildman–Crippen MR) is 81.1 cm³/mol. The number of benzene rings is 1. The second kappa shape index (κ2) is 6.86. The highest BCUT2D eigenvalue weighted by Crippen LogP contribution is 2.38. The van der Waals surface area contributed by atoms with E-state index < -0.39 is 29.5 Å². The summed E-state index contributed by atoms with van der Waals surface area (Å²) in [7, 11) is 2.64. The van der Waals surface area contributed by atoms with E-state index in [2.05, 4.69) is 5.32 Å². The number of aromatic amines is 1. The summed E-state index contributed by atoms with van der Waals surface area (Å²) >= 11 is 0. The highest BCUT2D eigenvalue weighted by atomic mass is 19.1.